The molecule has 0 unspecified atom stereocenters. The lowest BCUT2D eigenvalue weighted by molar-refractivity contribution is 0.279. The number of fused-ring (bicyclic) bond motifs is 6. The van der Waals surface area contributed by atoms with Crippen LogP contribution in [0.15, 0.2) is 30.3 Å². The van der Waals surface area contributed by atoms with E-state index in [4.69, 9.17) is 33.4 Å². The van der Waals surface area contributed by atoms with Crippen molar-refractivity contribution in [3.05, 3.63) is 30.3 Å². The second-order valence-electron chi connectivity index (χ2n) is 7.97. The molecular formula is C29H35NO6. The zero-order valence-electron chi connectivity index (χ0n) is 22.0. The predicted molar refractivity (Wildman–Crippen MR) is 144 cm³/mol. The normalized spacial score (nSPS) is 11.2. The number of nitrogens with zero attached hydrogens (tertiary/aromatic N) is 1. The highest BCUT2D eigenvalue weighted by atomic mass is 16.5. The lowest BCUT2D eigenvalue weighted by Crippen LogP contribution is -2.03. The number of benzene rings is 3. The number of rotatable bonds is 12. The molecule has 4 aromatic rings. The molecule has 192 valence electrons. The van der Waals surface area contributed by atoms with E-state index in [1.807, 2.05) is 71.9 Å². The van der Waals surface area contributed by atoms with Gasteiger partial charge >= 0.3 is 0 Å². The minimum absolute atomic E-state index is 0.468. The molecule has 1 heterocycles. The molecule has 3 aromatic carbocycles. The first kappa shape index (κ1) is 25.5. The smallest absolute Gasteiger partial charge is 0.257 e. The molecule has 0 spiro atoms. The van der Waals surface area contributed by atoms with Gasteiger partial charge in [-0.1, -0.05) is 0 Å². The third kappa shape index (κ3) is 4.74. The molecule has 4 rings (SSSR count). The van der Waals surface area contributed by atoms with Gasteiger partial charge in [-0.3, -0.25) is 0 Å². The van der Waals surface area contributed by atoms with Crippen molar-refractivity contribution in [2.75, 3.05) is 39.6 Å². The second kappa shape index (κ2) is 11.4. The molecule has 0 aliphatic carbocycles. The van der Waals surface area contributed by atoms with E-state index in [0.29, 0.717) is 74.3 Å². The van der Waals surface area contributed by atoms with Crippen LogP contribution < -0.4 is 28.4 Å². The standard InChI is InChI=1S/C29H35NO6/c1-7-31-23-13-18-19-14-25(33-9-3)26(34-10-4)16-21(19)28-22(20(18)15-24(23)32-8-2)17-27(35-11-5)29(30-28)36-12-6/h13-17H,7-12H2,1-6H3. The summed E-state index contributed by atoms with van der Waals surface area (Å²) in [5, 5.41) is 4.82. The van der Waals surface area contributed by atoms with Crippen LogP contribution in [-0.4, -0.2) is 44.6 Å². The van der Waals surface area contributed by atoms with E-state index in [0.717, 1.165) is 32.4 Å². The summed E-state index contributed by atoms with van der Waals surface area (Å²) in [6.45, 7) is 14.8. The van der Waals surface area contributed by atoms with Crippen molar-refractivity contribution in [3.8, 4) is 34.6 Å². The average molecular weight is 494 g/mol. The molecule has 7 heteroatoms. The summed E-state index contributed by atoms with van der Waals surface area (Å²) < 4.78 is 35.7. The van der Waals surface area contributed by atoms with E-state index in [1.54, 1.807) is 0 Å². The molecule has 0 fully saturated rings. The highest BCUT2D eigenvalue weighted by molar-refractivity contribution is 6.25. The lowest BCUT2D eigenvalue weighted by Gasteiger charge is -2.19. The minimum atomic E-state index is 0.468. The fraction of sp³-hybridized carbons (Fsp3) is 0.414. The first-order chi connectivity index (χ1) is 17.6. The maximum Gasteiger partial charge on any atom is 0.257 e. The molecular weight excluding hydrogens is 458 g/mol. The monoisotopic (exact) mass is 493 g/mol. The molecule has 0 N–H and O–H groups in total. The van der Waals surface area contributed by atoms with E-state index in [9.17, 15) is 0 Å². The van der Waals surface area contributed by atoms with Crippen molar-refractivity contribution in [2.24, 2.45) is 0 Å². The molecule has 0 aliphatic heterocycles. The molecule has 36 heavy (non-hydrogen) atoms. The topological polar surface area (TPSA) is 68.3 Å². The first-order valence-corrected chi connectivity index (χ1v) is 12.8. The van der Waals surface area contributed by atoms with Gasteiger partial charge in [0.25, 0.3) is 5.88 Å². The van der Waals surface area contributed by atoms with Gasteiger partial charge in [0.1, 0.15) is 0 Å². The van der Waals surface area contributed by atoms with Gasteiger partial charge in [0.2, 0.25) is 0 Å². The molecule has 0 atom stereocenters. The lowest BCUT2D eigenvalue weighted by atomic mass is 9.95. The van der Waals surface area contributed by atoms with Crippen LogP contribution in [0.5, 0.6) is 34.6 Å². The largest absolute Gasteiger partial charge is 0.490 e. The van der Waals surface area contributed by atoms with Crippen molar-refractivity contribution in [3.63, 3.8) is 0 Å². The Morgan fingerprint density at radius 2 is 0.722 bits per heavy atom. The van der Waals surface area contributed by atoms with Crippen LogP contribution in [-0.2, 0) is 0 Å². The van der Waals surface area contributed by atoms with Crippen molar-refractivity contribution >= 4 is 32.4 Å². The zero-order chi connectivity index (χ0) is 25.7. The highest BCUT2D eigenvalue weighted by Gasteiger charge is 2.20. The maximum absolute atomic E-state index is 5.97. The van der Waals surface area contributed by atoms with Crippen LogP contribution in [0.4, 0.5) is 0 Å². The molecule has 0 aliphatic rings. The Morgan fingerprint density at radius 1 is 0.417 bits per heavy atom. The summed E-state index contributed by atoms with van der Waals surface area (Å²) in [6, 6.07) is 10.1. The van der Waals surface area contributed by atoms with Gasteiger partial charge < -0.3 is 28.4 Å². The Morgan fingerprint density at radius 3 is 1.11 bits per heavy atom. The van der Waals surface area contributed by atoms with Crippen molar-refractivity contribution in [2.45, 2.75) is 41.5 Å². The van der Waals surface area contributed by atoms with Crippen molar-refractivity contribution < 1.29 is 28.4 Å². The fourth-order valence-electron chi connectivity index (χ4n) is 4.45. The molecule has 0 amide bonds. The van der Waals surface area contributed by atoms with Crippen LogP contribution in [0.1, 0.15) is 41.5 Å². The minimum Gasteiger partial charge on any atom is -0.490 e. The second-order valence-corrected chi connectivity index (χ2v) is 7.97. The third-order valence-corrected chi connectivity index (χ3v) is 5.74. The third-order valence-electron chi connectivity index (χ3n) is 5.74. The Hall–Kier alpha value is -3.61. The molecule has 7 nitrogen and oxygen atoms in total. The van der Waals surface area contributed by atoms with Gasteiger partial charge in [-0.15, -0.1) is 0 Å². The Kier molecular flexibility index (Phi) is 8.08. The quantitative estimate of drug-likeness (QED) is 0.198. The van der Waals surface area contributed by atoms with Gasteiger partial charge in [0.05, 0.1) is 45.2 Å². The van der Waals surface area contributed by atoms with Gasteiger partial charge in [-0.2, -0.15) is 0 Å². The summed E-state index contributed by atoms with van der Waals surface area (Å²) >= 11 is 0. The number of ether oxygens (including phenoxy) is 6. The van der Waals surface area contributed by atoms with Crippen LogP contribution in [0, 0.1) is 0 Å². The number of hydrogen-bond acceptors (Lipinski definition) is 7. The molecule has 0 bridgehead atoms. The number of pyridine rings is 1. The predicted octanol–water partition coefficient (Wildman–Crippen LogP) is 6.93. The molecule has 0 radical (unpaired) electrons. The van der Waals surface area contributed by atoms with Gasteiger partial charge in [-0.25, -0.2) is 4.98 Å². The fourth-order valence-corrected chi connectivity index (χ4v) is 4.45. The van der Waals surface area contributed by atoms with Gasteiger partial charge in [-0.05, 0) is 88.0 Å². The van der Waals surface area contributed by atoms with E-state index in [1.165, 1.54) is 0 Å². The zero-order valence-corrected chi connectivity index (χ0v) is 22.0. The van der Waals surface area contributed by atoms with Crippen LogP contribution >= 0.6 is 0 Å². The van der Waals surface area contributed by atoms with Crippen molar-refractivity contribution in [1.29, 1.82) is 0 Å². The highest BCUT2D eigenvalue weighted by Crippen LogP contribution is 2.45. The van der Waals surface area contributed by atoms with Gasteiger partial charge in [0.15, 0.2) is 28.7 Å². The van der Waals surface area contributed by atoms with E-state index in [2.05, 4.69) is 0 Å². The van der Waals surface area contributed by atoms with E-state index in [-0.39, 0.29) is 0 Å². The number of hydrogen-bond donors (Lipinski definition) is 0. The first-order valence-electron chi connectivity index (χ1n) is 12.8. The SMILES string of the molecule is CCOc1cc2c3cc(OCC)c(OCC)cc3c3nc(OCC)c(OCC)cc3c2cc1OCC. The summed E-state index contributed by atoms with van der Waals surface area (Å²) in [5.74, 6) is 3.83. The maximum atomic E-state index is 5.97. The Labute approximate surface area is 212 Å². The Balaban J connectivity index is 2.20. The van der Waals surface area contributed by atoms with Crippen LogP contribution in [0.2, 0.25) is 0 Å². The summed E-state index contributed by atoms with van der Waals surface area (Å²) in [6.07, 6.45) is 0. The average Bonchev–Trinajstić information content (AvgIpc) is 2.87. The summed E-state index contributed by atoms with van der Waals surface area (Å²) in [7, 11) is 0. The summed E-state index contributed by atoms with van der Waals surface area (Å²) in [5.41, 5.74) is 0.792. The van der Waals surface area contributed by atoms with E-state index >= 15 is 0 Å². The number of aromatic nitrogens is 1. The van der Waals surface area contributed by atoms with Crippen molar-refractivity contribution in [1.82, 2.24) is 4.98 Å². The van der Waals surface area contributed by atoms with Crippen LogP contribution in [0.25, 0.3) is 32.4 Å². The summed E-state index contributed by atoms with van der Waals surface area (Å²) in [4.78, 5) is 4.96. The van der Waals surface area contributed by atoms with E-state index < -0.39 is 0 Å². The molecule has 0 saturated carbocycles. The Bertz CT molecular complexity index is 1070. The van der Waals surface area contributed by atoms with Crippen LogP contribution in [0.3, 0.4) is 0 Å². The van der Waals surface area contributed by atoms with Gasteiger partial charge in [0, 0.05) is 10.8 Å². The molecule has 0 saturated heterocycles. The molecule has 1 aromatic heterocycles.